The molecule has 0 N–H and O–H groups in total. The van der Waals surface area contributed by atoms with Crippen molar-refractivity contribution in [2.24, 2.45) is 5.92 Å². The zero-order valence-corrected chi connectivity index (χ0v) is 11.4. The van der Waals surface area contributed by atoms with Gasteiger partial charge >= 0.3 is 6.03 Å². The molecule has 100 valence electrons. The van der Waals surface area contributed by atoms with Crippen molar-refractivity contribution in [3.8, 4) is 0 Å². The van der Waals surface area contributed by atoms with Gasteiger partial charge in [-0.3, -0.25) is 4.18 Å². The lowest BCUT2D eigenvalue weighted by Gasteiger charge is -2.33. The number of rotatable bonds is 3. The summed E-state index contributed by atoms with van der Waals surface area (Å²) in [6.45, 7) is 1.22. The van der Waals surface area contributed by atoms with E-state index in [4.69, 9.17) is 0 Å². The topological polar surface area (TPSA) is 66.9 Å². The van der Waals surface area contributed by atoms with Crippen LogP contribution in [0.15, 0.2) is 0 Å². The molecule has 17 heavy (non-hydrogen) atoms. The molecule has 0 aliphatic carbocycles. The van der Waals surface area contributed by atoms with Gasteiger partial charge in [0.15, 0.2) is 0 Å². The minimum atomic E-state index is -3.39. The van der Waals surface area contributed by atoms with E-state index in [2.05, 4.69) is 4.18 Å². The second kappa shape index (κ2) is 5.68. The van der Waals surface area contributed by atoms with E-state index in [0.717, 1.165) is 0 Å². The zero-order valence-electron chi connectivity index (χ0n) is 10.5. The number of urea groups is 1. The van der Waals surface area contributed by atoms with Crippen molar-refractivity contribution < 1.29 is 17.4 Å². The van der Waals surface area contributed by atoms with Crippen molar-refractivity contribution in [2.45, 2.75) is 12.8 Å². The van der Waals surface area contributed by atoms with E-state index in [1.165, 1.54) is 12.0 Å². The van der Waals surface area contributed by atoms with Crippen LogP contribution in [0.1, 0.15) is 12.8 Å². The summed E-state index contributed by atoms with van der Waals surface area (Å²) in [4.78, 5) is 14.9. The summed E-state index contributed by atoms with van der Waals surface area (Å²) < 4.78 is 27.0. The summed E-state index contributed by atoms with van der Waals surface area (Å²) in [5, 5.41) is 0. The summed E-state index contributed by atoms with van der Waals surface area (Å²) in [5.41, 5.74) is 0. The molecule has 1 aliphatic rings. The molecule has 1 rings (SSSR count). The monoisotopic (exact) mass is 264 g/mol. The number of nitrogens with zero attached hydrogens (tertiary/aromatic N) is 2. The van der Waals surface area contributed by atoms with Crippen LogP contribution in [0, 0.1) is 5.92 Å². The number of amides is 2. The van der Waals surface area contributed by atoms with Gasteiger partial charge in [-0.05, 0) is 18.8 Å². The molecule has 0 spiro atoms. The van der Waals surface area contributed by atoms with Crippen molar-refractivity contribution >= 4 is 16.1 Å². The second-order valence-electron chi connectivity index (χ2n) is 4.50. The Morgan fingerprint density at radius 1 is 1.35 bits per heavy atom. The fourth-order valence-electron chi connectivity index (χ4n) is 1.93. The van der Waals surface area contributed by atoms with Crippen LogP contribution in [-0.4, -0.2) is 64.3 Å². The molecule has 2 amide bonds. The first-order valence-corrected chi connectivity index (χ1v) is 7.18. The Kier molecular flexibility index (Phi) is 4.76. The molecular formula is C10H20N2O4S. The molecule has 0 unspecified atom stereocenters. The van der Waals surface area contributed by atoms with Crippen LogP contribution in [0.2, 0.25) is 0 Å². The van der Waals surface area contributed by atoms with E-state index in [1.807, 2.05) is 0 Å². The molecule has 0 aromatic carbocycles. The second-order valence-corrected chi connectivity index (χ2v) is 6.28. The highest BCUT2D eigenvalue weighted by Crippen LogP contribution is 2.20. The number of likely N-dealkylation sites (tertiary alicyclic amines) is 1. The van der Waals surface area contributed by atoms with E-state index >= 15 is 0 Å². The quantitative estimate of drug-likeness (QED) is 0.690. The Balaban J connectivity index is 2.44. The number of carbonyl (C=O) groups is 1. The van der Waals surface area contributed by atoms with E-state index < -0.39 is 10.1 Å². The van der Waals surface area contributed by atoms with Crippen LogP contribution in [0.5, 0.6) is 0 Å². The van der Waals surface area contributed by atoms with Crippen LogP contribution in [0.4, 0.5) is 4.79 Å². The molecule has 1 saturated heterocycles. The first-order chi connectivity index (χ1) is 7.85. The molecule has 6 nitrogen and oxygen atoms in total. The van der Waals surface area contributed by atoms with E-state index in [0.29, 0.717) is 25.9 Å². The Labute approximate surface area is 103 Å². The highest BCUT2D eigenvalue weighted by Gasteiger charge is 2.27. The Hall–Kier alpha value is -0.820. The number of hydrogen-bond acceptors (Lipinski definition) is 4. The molecule has 7 heteroatoms. The van der Waals surface area contributed by atoms with Crippen molar-refractivity contribution in [1.29, 1.82) is 0 Å². The molecule has 0 atom stereocenters. The van der Waals surface area contributed by atoms with Gasteiger partial charge in [-0.2, -0.15) is 8.42 Å². The first kappa shape index (κ1) is 14.2. The lowest BCUT2D eigenvalue weighted by molar-refractivity contribution is 0.150. The van der Waals surface area contributed by atoms with Gasteiger partial charge in [0.2, 0.25) is 0 Å². The van der Waals surface area contributed by atoms with Crippen LogP contribution in [0.25, 0.3) is 0 Å². The molecule has 0 radical (unpaired) electrons. The van der Waals surface area contributed by atoms with Gasteiger partial charge in [-0.15, -0.1) is 0 Å². The molecule has 1 aliphatic heterocycles. The highest BCUT2D eigenvalue weighted by atomic mass is 32.2. The molecule has 0 saturated carbocycles. The van der Waals surface area contributed by atoms with Gasteiger partial charge < -0.3 is 9.80 Å². The van der Waals surface area contributed by atoms with Gasteiger partial charge in [0.1, 0.15) is 0 Å². The van der Waals surface area contributed by atoms with Gasteiger partial charge in [0.25, 0.3) is 10.1 Å². The predicted octanol–water partition coefficient (Wildman–Crippen LogP) is 0.356. The average molecular weight is 264 g/mol. The molecular weight excluding hydrogens is 244 g/mol. The maximum atomic E-state index is 11.7. The number of hydrogen-bond donors (Lipinski definition) is 0. The van der Waals surface area contributed by atoms with Crippen LogP contribution < -0.4 is 0 Å². The number of carbonyl (C=O) groups excluding carboxylic acids is 1. The smallest absolute Gasteiger partial charge is 0.319 e. The third-order valence-corrected chi connectivity index (χ3v) is 4.35. The first-order valence-electron chi connectivity index (χ1n) is 5.60. The minimum absolute atomic E-state index is 0.0157. The summed E-state index contributed by atoms with van der Waals surface area (Å²) in [5.74, 6) is 0.138. The minimum Gasteiger partial charge on any atom is -0.331 e. The molecule has 0 aromatic heterocycles. The van der Waals surface area contributed by atoms with Crippen molar-refractivity contribution in [3.63, 3.8) is 0 Å². The fourth-order valence-corrected chi connectivity index (χ4v) is 2.98. The van der Waals surface area contributed by atoms with E-state index in [-0.39, 0.29) is 17.7 Å². The number of piperidine rings is 1. The standard InChI is InChI=1S/C10H20N2O4S/c1-11(2)10(13)12-6-4-9(5-7-12)8-17(14,15)16-3/h9H,4-8H2,1-3H3. The van der Waals surface area contributed by atoms with Gasteiger partial charge in [-0.1, -0.05) is 0 Å². The van der Waals surface area contributed by atoms with Crippen molar-refractivity contribution in [2.75, 3.05) is 40.0 Å². The lowest BCUT2D eigenvalue weighted by atomic mass is 9.99. The molecule has 0 bridgehead atoms. The summed E-state index contributed by atoms with van der Waals surface area (Å²) in [7, 11) is 1.22. The normalized spacial score (nSPS) is 18.2. The van der Waals surface area contributed by atoms with E-state index in [9.17, 15) is 13.2 Å². The Morgan fingerprint density at radius 3 is 2.29 bits per heavy atom. The predicted molar refractivity (Wildman–Crippen MR) is 64.2 cm³/mol. The molecule has 1 fully saturated rings. The van der Waals surface area contributed by atoms with E-state index in [1.54, 1.807) is 19.0 Å². The van der Waals surface area contributed by atoms with Crippen LogP contribution in [-0.2, 0) is 14.3 Å². The van der Waals surface area contributed by atoms with Crippen molar-refractivity contribution in [1.82, 2.24) is 9.80 Å². The third-order valence-electron chi connectivity index (χ3n) is 2.96. The van der Waals surface area contributed by atoms with Crippen LogP contribution in [0.3, 0.4) is 0 Å². The van der Waals surface area contributed by atoms with Crippen LogP contribution >= 0.6 is 0 Å². The molecule has 1 heterocycles. The van der Waals surface area contributed by atoms with Gasteiger partial charge in [0, 0.05) is 27.2 Å². The summed E-state index contributed by atoms with van der Waals surface area (Å²) >= 11 is 0. The SMILES string of the molecule is COS(=O)(=O)CC1CCN(C(=O)N(C)C)CC1. The summed E-state index contributed by atoms with van der Waals surface area (Å²) in [6.07, 6.45) is 1.42. The fraction of sp³-hybridized carbons (Fsp3) is 0.900. The highest BCUT2D eigenvalue weighted by molar-refractivity contribution is 7.86. The lowest BCUT2D eigenvalue weighted by Crippen LogP contribution is -2.44. The largest absolute Gasteiger partial charge is 0.331 e. The molecule has 0 aromatic rings. The average Bonchev–Trinajstić information content (AvgIpc) is 2.28. The maximum Gasteiger partial charge on any atom is 0.319 e. The maximum absolute atomic E-state index is 11.7. The zero-order chi connectivity index (χ0) is 13.1. The Bertz CT molecular complexity index is 359. The van der Waals surface area contributed by atoms with Crippen molar-refractivity contribution in [3.05, 3.63) is 0 Å². The summed E-state index contributed by atoms with van der Waals surface area (Å²) in [6, 6.07) is -0.0157. The van der Waals surface area contributed by atoms with Gasteiger partial charge in [-0.25, -0.2) is 4.79 Å². The third kappa shape index (κ3) is 4.16. The van der Waals surface area contributed by atoms with Gasteiger partial charge in [0.05, 0.1) is 12.9 Å². The Morgan fingerprint density at radius 2 is 1.88 bits per heavy atom.